The van der Waals surface area contributed by atoms with Crippen LogP contribution in [0.15, 0.2) is 42.5 Å². The van der Waals surface area contributed by atoms with E-state index in [9.17, 15) is 9.18 Å². The number of imidazole rings is 1. The Kier molecular flexibility index (Phi) is 3.77. The molecule has 25 heavy (non-hydrogen) atoms. The zero-order valence-electron chi connectivity index (χ0n) is 13.8. The molecule has 1 fully saturated rings. The maximum absolute atomic E-state index is 13.4. The molecule has 1 aromatic heterocycles. The summed E-state index contributed by atoms with van der Waals surface area (Å²) in [5.74, 6) is 0.133. The lowest BCUT2D eigenvalue weighted by Gasteiger charge is -2.21. The maximum atomic E-state index is 13.4. The van der Waals surface area contributed by atoms with E-state index >= 15 is 0 Å². The Labute approximate surface area is 144 Å². The topological polar surface area (TPSA) is 67.0 Å². The maximum Gasteiger partial charge on any atom is 0.256 e. The van der Waals surface area contributed by atoms with Gasteiger partial charge in [0, 0.05) is 17.9 Å². The van der Waals surface area contributed by atoms with Crippen molar-refractivity contribution in [3.8, 4) is 11.4 Å². The molecule has 6 heteroatoms. The molecular weight excluding hydrogens is 321 g/mol. The fourth-order valence-corrected chi connectivity index (χ4v) is 3.08. The van der Waals surface area contributed by atoms with Gasteiger partial charge in [0.05, 0.1) is 11.0 Å². The molecule has 2 aromatic carbocycles. The Morgan fingerprint density at radius 2 is 2.20 bits per heavy atom. The van der Waals surface area contributed by atoms with E-state index in [-0.39, 0.29) is 11.7 Å². The molecule has 5 nitrogen and oxygen atoms in total. The number of halogens is 1. The van der Waals surface area contributed by atoms with Crippen LogP contribution in [-0.4, -0.2) is 28.1 Å². The van der Waals surface area contributed by atoms with Gasteiger partial charge in [0.25, 0.3) is 5.91 Å². The molecule has 4 rings (SSSR count). The van der Waals surface area contributed by atoms with Gasteiger partial charge >= 0.3 is 0 Å². The number of carbonyl (C=O) groups is 1. The van der Waals surface area contributed by atoms with Gasteiger partial charge in [0.1, 0.15) is 17.2 Å². The molecule has 0 spiro atoms. The lowest BCUT2D eigenvalue weighted by molar-refractivity contribution is -0.133. The van der Waals surface area contributed by atoms with E-state index in [2.05, 4.69) is 15.3 Å². The van der Waals surface area contributed by atoms with Crippen LogP contribution in [0.3, 0.4) is 0 Å². The molecular formula is C19H18FN3O2. The summed E-state index contributed by atoms with van der Waals surface area (Å²) in [6.45, 7) is 2.42. The zero-order valence-corrected chi connectivity index (χ0v) is 13.8. The fourth-order valence-electron chi connectivity index (χ4n) is 3.08. The van der Waals surface area contributed by atoms with Crippen molar-refractivity contribution in [2.45, 2.75) is 25.4 Å². The minimum absolute atomic E-state index is 0.144. The van der Waals surface area contributed by atoms with Crippen LogP contribution in [0.5, 0.6) is 0 Å². The first-order chi connectivity index (χ1) is 12.0. The van der Waals surface area contributed by atoms with Crippen molar-refractivity contribution in [3.63, 3.8) is 0 Å². The minimum atomic E-state index is -0.768. The number of aromatic amines is 1. The van der Waals surface area contributed by atoms with Gasteiger partial charge in [0.15, 0.2) is 0 Å². The Balaban J connectivity index is 1.61. The van der Waals surface area contributed by atoms with E-state index in [1.807, 2.05) is 19.1 Å². The van der Waals surface area contributed by atoms with Crippen molar-refractivity contribution in [3.05, 3.63) is 48.3 Å². The smallest absolute Gasteiger partial charge is 0.256 e. The summed E-state index contributed by atoms with van der Waals surface area (Å²) < 4.78 is 19.0. The Hall–Kier alpha value is -2.73. The molecule has 1 unspecified atom stereocenters. The number of aromatic nitrogens is 2. The van der Waals surface area contributed by atoms with E-state index in [0.717, 1.165) is 23.9 Å². The first-order valence-electron chi connectivity index (χ1n) is 8.25. The van der Waals surface area contributed by atoms with Crippen LogP contribution < -0.4 is 5.32 Å². The quantitative estimate of drug-likeness (QED) is 0.761. The summed E-state index contributed by atoms with van der Waals surface area (Å²) in [7, 11) is 0. The third-order valence-corrected chi connectivity index (χ3v) is 4.54. The molecule has 1 amide bonds. The lowest BCUT2D eigenvalue weighted by Crippen LogP contribution is -2.39. The molecule has 0 aliphatic carbocycles. The van der Waals surface area contributed by atoms with Gasteiger partial charge in [-0.15, -0.1) is 0 Å². The third-order valence-electron chi connectivity index (χ3n) is 4.54. The van der Waals surface area contributed by atoms with Crippen molar-refractivity contribution >= 4 is 22.6 Å². The van der Waals surface area contributed by atoms with Crippen LogP contribution in [0.4, 0.5) is 10.1 Å². The summed E-state index contributed by atoms with van der Waals surface area (Å²) >= 11 is 0. The van der Waals surface area contributed by atoms with Crippen LogP contribution in [0.25, 0.3) is 22.4 Å². The van der Waals surface area contributed by atoms with Gasteiger partial charge in [-0.2, -0.15) is 0 Å². The largest absolute Gasteiger partial charge is 0.365 e. The number of benzene rings is 2. The second kappa shape index (κ2) is 5.97. The number of hydrogen-bond donors (Lipinski definition) is 2. The highest BCUT2D eigenvalue weighted by atomic mass is 19.1. The predicted octanol–water partition coefficient (Wildman–Crippen LogP) is 3.88. The summed E-state index contributed by atoms with van der Waals surface area (Å²) in [6, 6.07) is 11.7. The molecule has 1 aliphatic rings. The number of ether oxygens (including phenoxy) is 1. The molecule has 3 aromatic rings. The molecule has 1 atom stereocenters. The van der Waals surface area contributed by atoms with Crippen LogP contribution >= 0.6 is 0 Å². The van der Waals surface area contributed by atoms with Crippen molar-refractivity contribution in [1.29, 1.82) is 0 Å². The first kappa shape index (κ1) is 15.8. The summed E-state index contributed by atoms with van der Waals surface area (Å²) in [6.07, 6.45) is 1.61. The molecule has 2 N–H and O–H groups in total. The lowest BCUT2D eigenvalue weighted by atomic mass is 10.0. The molecule has 1 saturated heterocycles. The predicted molar refractivity (Wildman–Crippen MR) is 93.7 cm³/mol. The van der Waals surface area contributed by atoms with E-state index in [4.69, 9.17) is 4.74 Å². The first-order valence-corrected chi connectivity index (χ1v) is 8.25. The van der Waals surface area contributed by atoms with Crippen LogP contribution in [0, 0.1) is 5.82 Å². The molecule has 0 saturated carbocycles. The van der Waals surface area contributed by atoms with Gasteiger partial charge in [-0.05, 0) is 50.1 Å². The van der Waals surface area contributed by atoms with E-state index in [0.29, 0.717) is 23.7 Å². The van der Waals surface area contributed by atoms with E-state index < -0.39 is 5.60 Å². The van der Waals surface area contributed by atoms with Crippen LogP contribution in [-0.2, 0) is 9.53 Å². The van der Waals surface area contributed by atoms with Gasteiger partial charge < -0.3 is 15.0 Å². The zero-order chi connectivity index (χ0) is 17.4. The summed E-state index contributed by atoms with van der Waals surface area (Å²) in [5, 5.41) is 2.90. The number of carbonyl (C=O) groups excluding carboxylic acids is 1. The second-order valence-electron chi connectivity index (χ2n) is 6.46. The number of rotatable bonds is 3. The average molecular weight is 339 g/mol. The monoisotopic (exact) mass is 339 g/mol. The van der Waals surface area contributed by atoms with Crippen molar-refractivity contribution in [2.75, 3.05) is 11.9 Å². The highest BCUT2D eigenvalue weighted by Crippen LogP contribution is 2.28. The average Bonchev–Trinajstić information content (AvgIpc) is 3.21. The Morgan fingerprint density at radius 3 is 2.96 bits per heavy atom. The normalized spacial score (nSPS) is 20.1. The Bertz CT molecular complexity index is 945. The van der Waals surface area contributed by atoms with E-state index in [1.165, 1.54) is 12.1 Å². The SMILES string of the molecule is CC1(C(=O)Nc2ccc3nc(-c4cccc(F)c4)[nH]c3c2)CCCO1. The number of fused-ring (bicyclic) bond motifs is 1. The third kappa shape index (κ3) is 3.00. The second-order valence-corrected chi connectivity index (χ2v) is 6.46. The highest BCUT2D eigenvalue weighted by molar-refractivity contribution is 5.98. The fraction of sp³-hybridized carbons (Fsp3) is 0.263. The number of nitrogens with zero attached hydrogens (tertiary/aromatic N) is 1. The molecule has 0 radical (unpaired) electrons. The van der Waals surface area contributed by atoms with Gasteiger partial charge in [-0.25, -0.2) is 9.37 Å². The highest BCUT2D eigenvalue weighted by Gasteiger charge is 2.37. The van der Waals surface area contributed by atoms with Crippen molar-refractivity contribution < 1.29 is 13.9 Å². The summed E-state index contributed by atoms with van der Waals surface area (Å²) in [4.78, 5) is 20.1. The number of nitrogens with one attached hydrogen (secondary N) is 2. The number of hydrogen-bond acceptors (Lipinski definition) is 3. The van der Waals surface area contributed by atoms with Gasteiger partial charge in [-0.3, -0.25) is 4.79 Å². The molecule has 128 valence electrons. The number of amides is 1. The molecule has 2 heterocycles. The molecule has 0 bridgehead atoms. The minimum Gasteiger partial charge on any atom is -0.365 e. The molecule has 1 aliphatic heterocycles. The Morgan fingerprint density at radius 1 is 1.32 bits per heavy atom. The standard InChI is InChI=1S/C19H18FN3O2/c1-19(8-3-9-25-19)18(24)21-14-6-7-15-16(11-14)23-17(22-15)12-4-2-5-13(20)10-12/h2,4-7,10-11H,3,8-9H2,1H3,(H,21,24)(H,22,23). The van der Waals surface area contributed by atoms with Crippen LogP contribution in [0.1, 0.15) is 19.8 Å². The van der Waals surface area contributed by atoms with Crippen LogP contribution in [0.2, 0.25) is 0 Å². The van der Waals surface area contributed by atoms with Gasteiger partial charge in [-0.1, -0.05) is 12.1 Å². The van der Waals surface area contributed by atoms with Gasteiger partial charge in [0.2, 0.25) is 0 Å². The van der Waals surface area contributed by atoms with Crippen molar-refractivity contribution in [2.24, 2.45) is 0 Å². The van der Waals surface area contributed by atoms with E-state index in [1.54, 1.807) is 18.2 Å². The number of H-pyrrole nitrogens is 1. The van der Waals surface area contributed by atoms with Crippen molar-refractivity contribution in [1.82, 2.24) is 9.97 Å². The number of anilines is 1. The summed E-state index contributed by atoms with van der Waals surface area (Å²) in [5.41, 5.74) is 2.10.